The summed E-state index contributed by atoms with van der Waals surface area (Å²) < 4.78 is 5.78. The van der Waals surface area contributed by atoms with Gasteiger partial charge in [-0.05, 0) is 57.7 Å². The number of ether oxygens (including phenoxy) is 1. The second-order valence-corrected chi connectivity index (χ2v) is 6.81. The molecule has 2 rings (SSSR count). The first-order valence-corrected chi connectivity index (χ1v) is 8.63. The van der Waals surface area contributed by atoms with Crippen LogP contribution in [0.2, 0.25) is 0 Å². The van der Waals surface area contributed by atoms with Crippen LogP contribution < -0.4 is 4.74 Å². The van der Waals surface area contributed by atoms with Gasteiger partial charge in [-0.25, -0.2) is 0 Å². The van der Waals surface area contributed by atoms with Crippen molar-refractivity contribution in [3.8, 4) is 5.75 Å². The van der Waals surface area contributed by atoms with Gasteiger partial charge in [-0.3, -0.25) is 4.90 Å². The van der Waals surface area contributed by atoms with E-state index < -0.39 is 0 Å². The molecule has 0 unspecified atom stereocenters. The predicted molar refractivity (Wildman–Crippen MR) is 101 cm³/mol. The van der Waals surface area contributed by atoms with Crippen LogP contribution in [-0.2, 0) is 13.1 Å². The van der Waals surface area contributed by atoms with E-state index in [9.17, 15) is 0 Å². The van der Waals surface area contributed by atoms with Crippen LogP contribution in [0.4, 0.5) is 0 Å². The highest BCUT2D eigenvalue weighted by Crippen LogP contribution is 2.15. The molecule has 24 heavy (non-hydrogen) atoms. The fraction of sp³-hybridized carbons (Fsp3) is 0.429. The highest BCUT2D eigenvalue weighted by molar-refractivity contribution is 5.27. The first kappa shape index (κ1) is 18.5. The van der Waals surface area contributed by atoms with Crippen LogP contribution in [0.15, 0.2) is 48.5 Å². The molecule has 0 fully saturated rings. The second-order valence-electron chi connectivity index (χ2n) is 6.81. The van der Waals surface area contributed by atoms with Crippen molar-refractivity contribution in [1.29, 1.82) is 0 Å². The van der Waals surface area contributed by atoms with E-state index in [-0.39, 0.29) is 0 Å². The van der Waals surface area contributed by atoms with Gasteiger partial charge in [0, 0.05) is 19.6 Å². The Morgan fingerprint density at radius 1 is 0.792 bits per heavy atom. The average Bonchev–Trinajstić information content (AvgIpc) is 2.55. The van der Waals surface area contributed by atoms with Crippen molar-refractivity contribution in [2.75, 3.05) is 34.3 Å². The lowest BCUT2D eigenvalue weighted by Crippen LogP contribution is -2.17. The number of benzene rings is 2. The average molecular weight is 326 g/mol. The Labute approximate surface area is 146 Å². The molecule has 0 N–H and O–H groups in total. The lowest BCUT2D eigenvalue weighted by Gasteiger charge is -2.17. The molecule has 0 radical (unpaired) electrons. The van der Waals surface area contributed by atoms with Crippen LogP contribution in [-0.4, -0.2) is 44.1 Å². The molecule has 0 aliphatic rings. The van der Waals surface area contributed by atoms with Gasteiger partial charge in [-0.1, -0.05) is 42.0 Å². The summed E-state index contributed by atoms with van der Waals surface area (Å²) in [7, 11) is 6.33. The van der Waals surface area contributed by atoms with Crippen LogP contribution in [0, 0.1) is 6.92 Å². The molecule has 0 bridgehead atoms. The largest absolute Gasteiger partial charge is 0.494 e. The first-order valence-electron chi connectivity index (χ1n) is 8.63. The van der Waals surface area contributed by atoms with Crippen molar-refractivity contribution in [1.82, 2.24) is 9.80 Å². The normalized spacial score (nSPS) is 11.2. The lowest BCUT2D eigenvalue weighted by molar-refractivity contribution is 0.281. The van der Waals surface area contributed by atoms with E-state index in [1.165, 1.54) is 16.7 Å². The molecule has 0 saturated heterocycles. The molecule has 3 nitrogen and oxygen atoms in total. The van der Waals surface area contributed by atoms with E-state index in [1.54, 1.807) is 0 Å². The standard InChI is InChI=1S/C21H30N2O/c1-18-6-8-19(9-7-18)16-23(4)17-20-10-12-21(13-11-20)24-15-5-14-22(2)3/h6-13H,5,14-17H2,1-4H3. The topological polar surface area (TPSA) is 15.7 Å². The zero-order valence-electron chi connectivity index (χ0n) is 15.5. The van der Waals surface area contributed by atoms with Gasteiger partial charge >= 0.3 is 0 Å². The molecule has 0 saturated carbocycles. The van der Waals surface area contributed by atoms with E-state index in [0.29, 0.717) is 0 Å². The molecular weight excluding hydrogens is 296 g/mol. The quantitative estimate of drug-likeness (QED) is 0.649. The number of aryl methyl sites for hydroxylation is 1. The van der Waals surface area contributed by atoms with Crippen LogP contribution in [0.1, 0.15) is 23.1 Å². The number of hydrogen-bond acceptors (Lipinski definition) is 3. The van der Waals surface area contributed by atoms with Crippen molar-refractivity contribution in [2.24, 2.45) is 0 Å². The number of hydrogen-bond donors (Lipinski definition) is 0. The molecule has 0 spiro atoms. The minimum Gasteiger partial charge on any atom is -0.494 e. The highest BCUT2D eigenvalue weighted by Gasteiger charge is 2.03. The highest BCUT2D eigenvalue weighted by atomic mass is 16.5. The van der Waals surface area contributed by atoms with Crippen molar-refractivity contribution in [2.45, 2.75) is 26.4 Å². The minimum atomic E-state index is 0.769. The third-order valence-corrected chi connectivity index (χ3v) is 3.97. The van der Waals surface area contributed by atoms with Gasteiger partial charge in [0.1, 0.15) is 5.75 Å². The van der Waals surface area contributed by atoms with Crippen molar-refractivity contribution < 1.29 is 4.74 Å². The van der Waals surface area contributed by atoms with Gasteiger partial charge in [-0.2, -0.15) is 0 Å². The van der Waals surface area contributed by atoms with E-state index in [4.69, 9.17) is 4.74 Å². The molecule has 0 atom stereocenters. The molecular formula is C21H30N2O. The zero-order valence-corrected chi connectivity index (χ0v) is 15.5. The summed E-state index contributed by atoms with van der Waals surface area (Å²) in [5, 5.41) is 0. The third-order valence-electron chi connectivity index (χ3n) is 3.97. The van der Waals surface area contributed by atoms with Gasteiger partial charge in [0.2, 0.25) is 0 Å². The van der Waals surface area contributed by atoms with Crippen LogP contribution in [0.5, 0.6) is 5.75 Å². The Morgan fingerprint density at radius 2 is 1.33 bits per heavy atom. The first-order chi connectivity index (χ1) is 11.5. The van der Waals surface area contributed by atoms with Crippen molar-refractivity contribution >= 4 is 0 Å². The fourth-order valence-corrected chi connectivity index (χ4v) is 2.63. The van der Waals surface area contributed by atoms with E-state index in [0.717, 1.165) is 38.4 Å². The van der Waals surface area contributed by atoms with Gasteiger partial charge in [0.25, 0.3) is 0 Å². The Bertz CT molecular complexity index is 590. The summed E-state index contributed by atoms with van der Waals surface area (Å²) in [4.78, 5) is 4.51. The van der Waals surface area contributed by atoms with E-state index in [2.05, 4.69) is 86.4 Å². The molecule has 0 aliphatic carbocycles. The summed E-state index contributed by atoms with van der Waals surface area (Å²) in [6.45, 7) is 5.85. The molecule has 2 aromatic rings. The third kappa shape index (κ3) is 6.73. The molecule has 0 aliphatic heterocycles. The van der Waals surface area contributed by atoms with Crippen molar-refractivity contribution in [3.05, 3.63) is 65.2 Å². The molecule has 0 heterocycles. The number of rotatable bonds is 9. The Hall–Kier alpha value is -1.84. The minimum absolute atomic E-state index is 0.769. The maximum absolute atomic E-state index is 5.78. The van der Waals surface area contributed by atoms with Crippen LogP contribution >= 0.6 is 0 Å². The van der Waals surface area contributed by atoms with Crippen LogP contribution in [0.3, 0.4) is 0 Å². The lowest BCUT2D eigenvalue weighted by atomic mass is 10.1. The summed E-state index contributed by atoms with van der Waals surface area (Å²) in [5.74, 6) is 0.957. The maximum Gasteiger partial charge on any atom is 0.119 e. The molecule has 0 amide bonds. The second kappa shape index (κ2) is 9.45. The van der Waals surface area contributed by atoms with Crippen molar-refractivity contribution in [3.63, 3.8) is 0 Å². The van der Waals surface area contributed by atoms with E-state index >= 15 is 0 Å². The SMILES string of the molecule is Cc1ccc(CN(C)Cc2ccc(OCCCN(C)C)cc2)cc1. The van der Waals surface area contributed by atoms with Gasteiger partial charge in [-0.15, -0.1) is 0 Å². The molecule has 130 valence electrons. The summed E-state index contributed by atoms with van der Waals surface area (Å²) >= 11 is 0. The summed E-state index contributed by atoms with van der Waals surface area (Å²) in [5.41, 5.74) is 3.97. The monoisotopic (exact) mass is 326 g/mol. The van der Waals surface area contributed by atoms with E-state index in [1.807, 2.05) is 0 Å². The number of nitrogens with zero attached hydrogens (tertiary/aromatic N) is 2. The molecule has 2 aromatic carbocycles. The van der Waals surface area contributed by atoms with Gasteiger partial charge < -0.3 is 9.64 Å². The summed E-state index contributed by atoms with van der Waals surface area (Å²) in [6, 6.07) is 17.2. The smallest absolute Gasteiger partial charge is 0.119 e. The maximum atomic E-state index is 5.78. The van der Waals surface area contributed by atoms with Gasteiger partial charge in [0.05, 0.1) is 6.61 Å². The molecule has 3 heteroatoms. The summed E-state index contributed by atoms with van der Waals surface area (Å²) in [6.07, 6.45) is 1.05. The Kier molecular flexibility index (Phi) is 7.29. The molecule has 0 aromatic heterocycles. The Balaban J connectivity index is 1.77. The Morgan fingerprint density at radius 3 is 1.88 bits per heavy atom. The predicted octanol–water partition coefficient (Wildman–Crippen LogP) is 3.96. The van der Waals surface area contributed by atoms with Gasteiger partial charge in [0.15, 0.2) is 0 Å². The fourth-order valence-electron chi connectivity index (χ4n) is 2.63. The van der Waals surface area contributed by atoms with Crippen LogP contribution in [0.25, 0.3) is 0 Å². The zero-order chi connectivity index (χ0) is 17.4.